The monoisotopic (exact) mass is 249 g/mol. The molecule has 2 atom stereocenters. The molecule has 1 saturated carbocycles. The van der Waals surface area contributed by atoms with Gasteiger partial charge in [0.25, 0.3) is 0 Å². The summed E-state index contributed by atoms with van der Waals surface area (Å²) in [5.74, 6) is 1.98. The van der Waals surface area contributed by atoms with Crippen molar-refractivity contribution >= 4 is 5.78 Å². The van der Waals surface area contributed by atoms with E-state index in [4.69, 9.17) is 0 Å². The second-order valence-corrected chi connectivity index (χ2v) is 6.93. The molecule has 3 rings (SSSR count). The van der Waals surface area contributed by atoms with E-state index in [1.165, 1.54) is 57.8 Å². The fourth-order valence-corrected chi connectivity index (χ4v) is 4.46. The lowest BCUT2D eigenvalue weighted by atomic mass is 9.82. The van der Waals surface area contributed by atoms with Crippen LogP contribution in [0.2, 0.25) is 0 Å². The first-order chi connectivity index (χ1) is 8.79. The van der Waals surface area contributed by atoms with Crippen LogP contribution in [0.3, 0.4) is 0 Å². The van der Waals surface area contributed by atoms with Crippen molar-refractivity contribution < 1.29 is 4.79 Å². The van der Waals surface area contributed by atoms with Gasteiger partial charge in [-0.05, 0) is 37.5 Å². The van der Waals surface area contributed by atoms with Crippen LogP contribution in [0, 0.1) is 11.8 Å². The highest BCUT2D eigenvalue weighted by molar-refractivity contribution is 5.78. The van der Waals surface area contributed by atoms with E-state index in [1.807, 2.05) is 0 Å². The van der Waals surface area contributed by atoms with Gasteiger partial charge in [-0.25, -0.2) is 0 Å². The first-order valence-electron chi connectivity index (χ1n) is 8.07. The highest BCUT2D eigenvalue weighted by Gasteiger charge is 2.34. The van der Waals surface area contributed by atoms with E-state index in [2.05, 4.69) is 5.32 Å². The zero-order chi connectivity index (χ0) is 12.4. The summed E-state index contributed by atoms with van der Waals surface area (Å²) in [5, 5.41) is 3.66. The molecule has 2 unspecified atom stereocenters. The fraction of sp³-hybridized carbons (Fsp3) is 0.938. The van der Waals surface area contributed by atoms with E-state index in [1.54, 1.807) is 0 Å². The number of carbonyl (C=O) groups is 1. The molecule has 2 nitrogen and oxygen atoms in total. The van der Waals surface area contributed by atoms with Crippen LogP contribution in [0.15, 0.2) is 0 Å². The number of Topliss-reactive ketones (excluding diaryl/α,β-unsaturated/α-hetero) is 1. The van der Waals surface area contributed by atoms with Gasteiger partial charge in [0.1, 0.15) is 5.78 Å². The third-order valence-corrected chi connectivity index (χ3v) is 5.33. The number of nitrogens with one attached hydrogen (secondary N) is 1. The average molecular weight is 249 g/mol. The van der Waals surface area contributed by atoms with E-state index in [0.717, 1.165) is 30.8 Å². The Morgan fingerprint density at radius 1 is 0.833 bits per heavy atom. The molecule has 1 N–H and O–H groups in total. The maximum Gasteiger partial charge on any atom is 0.133 e. The number of piperidine rings is 1. The molecule has 2 saturated heterocycles. The third-order valence-electron chi connectivity index (χ3n) is 5.33. The largest absolute Gasteiger partial charge is 0.311 e. The molecule has 2 heterocycles. The van der Waals surface area contributed by atoms with Crippen LogP contribution in [-0.2, 0) is 4.79 Å². The highest BCUT2D eigenvalue weighted by atomic mass is 16.1. The Labute approximate surface area is 111 Å². The summed E-state index contributed by atoms with van der Waals surface area (Å²) in [6, 6.07) is 1.47. The zero-order valence-corrected chi connectivity index (χ0v) is 11.5. The fourth-order valence-electron chi connectivity index (χ4n) is 4.46. The van der Waals surface area contributed by atoms with Gasteiger partial charge in [0.05, 0.1) is 0 Å². The molecule has 18 heavy (non-hydrogen) atoms. The van der Waals surface area contributed by atoms with Gasteiger partial charge in [0.2, 0.25) is 0 Å². The van der Waals surface area contributed by atoms with Gasteiger partial charge in [-0.2, -0.15) is 0 Å². The van der Waals surface area contributed by atoms with Gasteiger partial charge in [-0.15, -0.1) is 0 Å². The van der Waals surface area contributed by atoms with E-state index < -0.39 is 0 Å². The van der Waals surface area contributed by atoms with Gasteiger partial charge < -0.3 is 5.32 Å². The smallest absolute Gasteiger partial charge is 0.133 e. The number of hydrogen-bond donors (Lipinski definition) is 1. The lowest BCUT2D eigenvalue weighted by Crippen LogP contribution is -2.38. The summed E-state index contributed by atoms with van der Waals surface area (Å²) >= 11 is 0. The second kappa shape index (κ2) is 5.73. The van der Waals surface area contributed by atoms with Crippen LogP contribution >= 0.6 is 0 Å². The summed E-state index contributed by atoms with van der Waals surface area (Å²) in [4.78, 5) is 12.2. The molecule has 2 bridgehead atoms. The minimum Gasteiger partial charge on any atom is -0.311 e. The lowest BCUT2D eigenvalue weighted by molar-refractivity contribution is -0.121. The van der Waals surface area contributed by atoms with Crippen molar-refractivity contribution in [3.63, 3.8) is 0 Å². The Kier molecular flexibility index (Phi) is 4.03. The minimum atomic E-state index is 0.563. The van der Waals surface area contributed by atoms with Crippen LogP contribution in [0.4, 0.5) is 0 Å². The quantitative estimate of drug-likeness (QED) is 0.827. The SMILES string of the molecule is O=C(CC1CCCCC1)CC1CC2CCC(C1)N2. The maximum absolute atomic E-state index is 12.2. The van der Waals surface area contributed by atoms with Crippen molar-refractivity contribution in [2.24, 2.45) is 11.8 Å². The summed E-state index contributed by atoms with van der Waals surface area (Å²) in [5.41, 5.74) is 0. The van der Waals surface area contributed by atoms with Gasteiger partial charge in [0.15, 0.2) is 0 Å². The molecule has 0 spiro atoms. The summed E-state index contributed by atoms with van der Waals surface area (Å²) in [6.45, 7) is 0. The molecule has 3 aliphatic rings. The Hall–Kier alpha value is -0.370. The number of hydrogen-bond acceptors (Lipinski definition) is 2. The normalized spacial score (nSPS) is 36.8. The Balaban J connectivity index is 1.43. The number of rotatable bonds is 4. The lowest BCUT2D eigenvalue weighted by Gasteiger charge is -2.29. The molecule has 2 heteroatoms. The van der Waals surface area contributed by atoms with Crippen LogP contribution in [-0.4, -0.2) is 17.9 Å². The number of fused-ring (bicyclic) bond motifs is 2. The van der Waals surface area contributed by atoms with Crippen LogP contribution in [0.1, 0.15) is 70.6 Å². The molecule has 3 fully saturated rings. The average Bonchev–Trinajstić information content (AvgIpc) is 2.70. The predicted octanol–water partition coefficient (Wildman–Crippen LogP) is 3.45. The Morgan fingerprint density at radius 3 is 2.11 bits per heavy atom. The first-order valence-corrected chi connectivity index (χ1v) is 8.07. The van der Waals surface area contributed by atoms with Crippen molar-refractivity contribution in [3.8, 4) is 0 Å². The Bertz CT molecular complexity index is 283. The second-order valence-electron chi connectivity index (χ2n) is 6.93. The Morgan fingerprint density at radius 2 is 1.44 bits per heavy atom. The highest BCUT2D eigenvalue weighted by Crippen LogP contribution is 2.34. The predicted molar refractivity (Wildman–Crippen MR) is 73.5 cm³/mol. The molecule has 102 valence electrons. The van der Waals surface area contributed by atoms with Gasteiger partial charge in [0, 0.05) is 24.9 Å². The van der Waals surface area contributed by atoms with E-state index in [-0.39, 0.29) is 0 Å². The molecule has 2 aliphatic heterocycles. The van der Waals surface area contributed by atoms with Crippen molar-refractivity contribution in [1.29, 1.82) is 0 Å². The van der Waals surface area contributed by atoms with Crippen LogP contribution in [0.5, 0.6) is 0 Å². The molecule has 0 aromatic carbocycles. The van der Waals surface area contributed by atoms with Crippen molar-refractivity contribution in [2.75, 3.05) is 0 Å². The molecule has 0 aromatic rings. The van der Waals surface area contributed by atoms with Crippen molar-refractivity contribution in [3.05, 3.63) is 0 Å². The van der Waals surface area contributed by atoms with E-state index >= 15 is 0 Å². The molecular formula is C16H27NO. The molecular weight excluding hydrogens is 222 g/mol. The summed E-state index contributed by atoms with van der Waals surface area (Å²) in [6.07, 6.45) is 13.7. The van der Waals surface area contributed by atoms with E-state index in [9.17, 15) is 4.79 Å². The van der Waals surface area contributed by atoms with Crippen molar-refractivity contribution in [1.82, 2.24) is 5.32 Å². The standard InChI is InChI=1S/C16H27NO/c18-16(10-12-4-2-1-3-5-12)11-13-8-14-6-7-15(9-13)17-14/h12-15,17H,1-11H2. The summed E-state index contributed by atoms with van der Waals surface area (Å²) < 4.78 is 0. The number of ketones is 1. The van der Waals surface area contributed by atoms with E-state index in [0.29, 0.717) is 11.7 Å². The first kappa shape index (κ1) is 12.7. The number of carbonyl (C=O) groups excluding carboxylic acids is 1. The maximum atomic E-state index is 12.2. The molecule has 1 aliphatic carbocycles. The molecule has 0 aromatic heterocycles. The van der Waals surface area contributed by atoms with Crippen molar-refractivity contribution in [2.45, 2.75) is 82.7 Å². The minimum absolute atomic E-state index is 0.563. The van der Waals surface area contributed by atoms with Crippen LogP contribution in [0.25, 0.3) is 0 Å². The van der Waals surface area contributed by atoms with Gasteiger partial charge in [-0.3, -0.25) is 4.79 Å². The zero-order valence-electron chi connectivity index (χ0n) is 11.5. The van der Waals surface area contributed by atoms with Gasteiger partial charge >= 0.3 is 0 Å². The topological polar surface area (TPSA) is 29.1 Å². The molecule has 0 amide bonds. The molecule has 0 radical (unpaired) electrons. The van der Waals surface area contributed by atoms with Crippen LogP contribution < -0.4 is 5.32 Å². The summed E-state index contributed by atoms with van der Waals surface area (Å²) in [7, 11) is 0. The van der Waals surface area contributed by atoms with Gasteiger partial charge in [-0.1, -0.05) is 32.1 Å². The third kappa shape index (κ3) is 3.14.